The van der Waals surface area contributed by atoms with Crippen LogP contribution in [0.1, 0.15) is 30.9 Å². The van der Waals surface area contributed by atoms with E-state index in [-0.39, 0.29) is 17.9 Å². The summed E-state index contributed by atoms with van der Waals surface area (Å²) < 4.78 is 5.06. The van der Waals surface area contributed by atoms with Gasteiger partial charge in [-0.15, -0.1) is 0 Å². The molecular weight excluding hydrogens is 218 g/mol. The molecule has 0 bridgehead atoms. The van der Waals surface area contributed by atoms with E-state index in [1.54, 1.807) is 0 Å². The molecule has 2 unspecified atom stereocenters. The average molecular weight is 239 g/mol. The first-order chi connectivity index (χ1) is 7.93. The Hall–Kier alpha value is -1.36. The number of nitrogens with zero attached hydrogens (tertiary/aromatic N) is 1. The second-order valence-corrected chi connectivity index (χ2v) is 4.49. The number of hydrogen-bond donors (Lipinski definition) is 2. The van der Waals surface area contributed by atoms with Crippen LogP contribution in [0.25, 0.3) is 0 Å². The van der Waals surface area contributed by atoms with Crippen molar-refractivity contribution < 1.29 is 9.32 Å². The number of amides is 1. The molecule has 1 heterocycles. The molecular formula is C12H21N3O2. The molecule has 96 valence electrons. The Morgan fingerprint density at radius 2 is 2.12 bits per heavy atom. The summed E-state index contributed by atoms with van der Waals surface area (Å²) in [6, 6.07) is -0.130. The van der Waals surface area contributed by atoms with Gasteiger partial charge in [0.1, 0.15) is 5.76 Å². The van der Waals surface area contributed by atoms with Crippen LogP contribution in [0.15, 0.2) is 4.52 Å². The van der Waals surface area contributed by atoms with Crippen LogP contribution in [0.2, 0.25) is 0 Å². The number of hydrogen-bond acceptors (Lipinski definition) is 4. The second-order valence-electron chi connectivity index (χ2n) is 4.49. The second kappa shape index (κ2) is 5.82. The third kappa shape index (κ3) is 3.56. The molecule has 17 heavy (non-hydrogen) atoms. The highest BCUT2D eigenvalue weighted by molar-refractivity contribution is 5.78. The third-order valence-electron chi connectivity index (χ3n) is 3.06. The van der Waals surface area contributed by atoms with Crippen molar-refractivity contribution in [1.29, 1.82) is 0 Å². The summed E-state index contributed by atoms with van der Waals surface area (Å²) in [5.41, 5.74) is 7.62. The van der Waals surface area contributed by atoms with Crippen molar-refractivity contribution >= 4 is 5.91 Å². The van der Waals surface area contributed by atoms with Gasteiger partial charge in [-0.05, 0) is 27.2 Å². The van der Waals surface area contributed by atoms with Gasteiger partial charge in [0.05, 0.1) is 5.69 Å². The van der Waals surface area contributed by atoms with Gasteiger partial charge >= 0.3 is 0 Å². The van der Waals surface area contributed by atoms with E-state index in [0.29, 0.717) is 6.54 Å². The van der Waals surface area contributed by atoms with Crippen LogP contribution >= 0.6 is 0 Å². The van der Waals surface area contributed by atoms with E-state index in [1.165, 1.54) is 0 Å². The number of aromatic nitrogens is 1. The highest BCUT2D eigenvalue weighted by Gasteiger charge is 2.16. The maximum absolute atomic E-state index is 11.7. The van der Waals surface area contributed by atoms with Gasteiger partial charge in [0.15, 0.2) is 0 Å². The smallest absolute Gasteiger partial charge is 0.224 e. The number of nitrogens with two attached hydrogens (primary N) is 1. The lowest BCUT2D eigenvalue weighted by atomic mass is 10.0. The van der Waals surface area contributed by atoms with E-state index in [4.69, 9.17) is 10.3 Å². The lowest BCUT2D eigenvalue weighted by molar-refractivity contribution is -0.124. The minimum absolute atomic E-state index is 0.00763. The van der Waals surface area contributed by atoms with Crippen molar-refractivity contribution in [2.75, 3.05) is 6.54 Å². The molecule has 0 aliphatic carbocycles. The number of carbonyl (C=O) groups is 1. The largest absolute Gasteiger partial charge is 0.361 e. The van der Waals surface area contributed by atoms with Gasteiger partial charge in [-0.1, -0.05) is 12.1 Å². The maximum Gasteiger partial charge on any atom is 0.224 e. The Morgan fingerprint density at radius 1 is 1.47 bits per heavy atom. The van der Waals surface area contributed by atoms with Crippen LogP contribution in [0, 0.1) is 19.8 Å². The fourth-order valence-corrected chi connectivity index (χ4v) is 1.57. The minimum atomic E-state index is -0.167. The molecule has 5 heteroatoms. The summed E-state index contributed by atoms with van der Waals surface area (Å²) in [4.78, 5) is 11.7. The normalized spacial score (nSPS) is 14.4. The third-order valence-corrected chi connectivity index (χ3v) is 3.06. The lowest BCUT2D eigenvalue weighted by Gasteiger charge is -2.15. The first-order valence-corrected chi connectivity index (χ1v) is 5.88. The van der Waals surface area contributed by atoms with Crippen molar-refractivity contribution in [3.05, 3.63) is 17.0 Å². The molecule has 2 atom stereocenters. The molecule has 0 saturated carbocycles. The molecule has 0 saturated heterocycles. The van der Waals surface area contributed by atoms with Gasteiger partial charge in [0, 0.05) is 24.1 Å². The summed E-state index contributed by atoms with van der Waals surface area (Å²) >= 11 is 0. The molecule has 0 radical (unpaired) electrons. The van der Waals surface area contributed by atoms with Crippen molar-refractivity contribution in [3.8, 4) is 0 Å². The van der Waals surface area contributed by atoms with E-state index >= 15 is 0 Å². The molecule has 0 aromatic carbocycles. The zero-order chi connectivity index (χ0) is 13.0. The fourth-order valence-electron chi connectivity index (χ4n) is 1.57. The van der Waals surface area contributed by atoms with Crippen molar-refractivity contribution in [3.63, 3.8) is 0 Å². The fraction of sp³-hybridized carbons (Fsp3) is 0.667. The van der Waals surface area contributed by atoms with Crippen LogP contribution in [0.4, 0.5) is 0 Å². The van der Waals surface area contributed by atoms with E-state index in [1.807, 2.05) is 27.7 Å². The topological polar surface area (TPSA) is 81.2 Å². The summed E-state index contributed by atoms with van der Waals surface area (Å²) in [5.74, 6) is 0.642. The SMILES string of the molecule is Cc1noc(C)c1CCNC(=O)C(C)C(C)N. The van der Waals surface area contributed by atoms with E-state index in [9.17, 15) is 4.79 Å². The zero-order valence-electron chi connectivity index (χ0n) is 10.9. The predicted molar refractivity (Wildman–Crippen MR) is 65.5 cm³/mol. The molecule has 0 aliphatic heterocycles. The molecule has 0 aliphatic rings. The van der Waals surface area contributed by atoms with Gasteiger partial charge in [0.2, 0.25) is 5.91 Å². The van der Waals surface area contributed by atoms with Crippen LogP contribution in [-0.4, -0.2) is 23.7 Å². The summed E-state index contributed by atoms with van der Waals surface area (Å²) in [7, 11) is 0. The van der Waals surface area contributed by atoms with Crippen molar-refractivity contribution in [2.24, 2.45) is 11.7 Å². The Kier molecular flexibility index (Phi) is 4.69. The van der Waals surface area contributed by atoms with Gasteiger partial charge in [0.25, 0.3) is 0 Å². The molecule has 3 N–H and O–H groups in total. The number of aryl methyl sites for hydroxylation is 2. The van der Waals surface area contributed by atoms with Crippen LogP contribution in [0.3, 0.4) is 0 Å². The first kappa shape index (κ1) is 13.7. The predicted octanol–water partition coefficient (Wildman–Crippen LogP) is 0.933. The zero-order valence-corrected chi connectivity index (χ0v) is 10.9. The summed E-state index contributed by atoms with van der Waals surface area (Å²) in [5, 5.41) is 6.74. The van der Waals surface area contributed by atoms with Crippen molar-refractivity contribution in [2.45, 2.75) is 40.2 Å². The maximum atomic E-state index is 11.7. The monoisotopic (exact) mass is 239 g/mol. The highest BCUT2D eigenvalue weighted by atomic mass is 16.5. The van der Waals surface area contributed by atoms with Gasteiger partial charge in [-0.3, -0.25) is 4.79 Å². The lowest BCUT2D eigenvalue weighted by Crippen LogP contribution is -2.39. The highest BCUT2D eigenvalue weighted by Crippen LogP contribution is 2.12. The summed E-state index contributed by atoms with van der Waals surface area (Å²) in [6.07, 6.45) is 0.735. The van der Waals surface area contributed by atoms with Crippen LogP contribution in [0.5, 0.6) is 0 Å². The Bertz CT molecular complexity index is 366. The quantitative estimate of drug-likeness (QED) is 0.801. The molecule has 5 nitrogen and oxygen atoms in total. The number of rotatable bonds is 5. The first-order valence-electron chi connectivity index (χ1n) is 5.88. The summed E-state index contributed by atoms with van der Waals surface area (Å²) in [6.45, 7) is 8.02. The van der Waals surface area contributed by atoms with Crippen LogP contribution < -0.4 is 11.1 Å². The minimum Gasteiger partial charge on any atom is -0.361 e. The van der Waals surface area contributed by atoms with Gasteiger partial charge in [-0.2, -0.15) is 0 Å². The molecule has 1 aromatic rings. The van der Waals surface area contributed by atoms with Gasteiger partial charge < -0.3 is 15.6 Å². The average Bonchev–Trinajstić information content (AvgIpc) is 2.59. The van der Waals surface area contributed by atoms with Crippen molar-refractivity contribution in [1.82, 2.24) is 10.5 Å². The molecule has 1 aromatic heterocycles. The molecule has 0 spiro atoms. The Morgan fingerprint density at radius 3 is 2.59 bits per heavy atom. The molecule has 1 rings (SSSR count). The molecule has 1 amide bonds. The van der Waals surface area contributed by atoms with E-state index < -0.39 is 0 Å². The molecule has 0 fully saturated rings. The number of carbonyl (C=O) groups excluding carboxylic acids is 1. The van der Waals surface area contributed by atoms with Gasteiger partial charge in [-0.25, -0.2) is 0 Å². The Balaban J connectivity index is 2.41. The standard InChI is InChI=1S/C12H21N3O2/c1-7(8(2)13)12(16)14-6-5-11-9(3)15-17-10(11)4/h7-8H,5-6,13H2,1-4H3,(H,14,16). The number of nitrogens with one attached hydrogen (secondary N) is 1. The van der Waals surface area contributed by atoms with Crippen LogP contribution in [-0.2, 0) is 11.2 Å². The van der Waals surface area contributed by atoms with E-state index in [0.717, 1.165) is 23.4 Å². The van der Waals surface area contributed by atoms with E-state index in [2.05, 4.69) is 10.5 Å². The Labute approximate surface area is 102 Å².